The number of H-pyrrole nitrogens is 1. The monoisotopic (exact) mass is 370 g/mol. The summed E-state index contributed by atoms with van der Waals surface area (Å²) in [5, 5.41) is 7.52. The van der Waals surface area contributed by atoms with Gasteiger partial charge in [0.15, 0.2) is 11.5 Å². The van der Waals surface area contributed by atoms with Gasteiger partial charge in [-0.15, -0.1) is 0 Å². The van der Waals surface area contributed by atoms with E-state index in [0.29, 0.717) is 13.2 Å². The predicted octanol–water partition coefficient (Wildman–Crippen LogP) is 4.67. The lowest BCUT2D eigenvalue weighted by molar-refractivity contribution is 0.297. The smallest absolute Gasteiger partial charge is 0.161 e. The van der Waals surface area contributed by atoms with E-state index in [-0.39, 0.29) is 0 Å². The summed E-state index contributed by atoms with van der Waals surface area (Å²) < 4.78 is 12.5. The third-order valence-corrected chi connectivity index (χ3v) is 4.25. The lowest BCUT2D eigenvalue weighted by Gasteiger charge is -2.08. The fourth-order valence-electron chi connectivity index (χ4n) is 2.60. The molecule has 1 N–H and O–H groups in total. The average Bonchev–Trinajstić information content (AvgIpc) is 2.94. The Hall–Kier alpha value is -2.27. The van der Waals surface area contributed by atoms with Gasteiger partial charge in [-0.1, -0.05) is 28.1 Å². The van der Waals surface area contributed by atoms with Crippen molar-refractivity contribution in [2.45, 2.75) is 6.42 Å². The number of hydrogen-bond acceptors (Lipinski definition) is 3. The fraction of sp³-hybridized carbons (Fsp3) is 0.167. The first-order valence-electron chi connectivity index (χ1n) is 7.51. The minimum absolute atomic E-state index is 0.683. The number of nitrogens with zero attached hydrogens (tertiary/aromatic N) is 1. The summed E-state index contributed by atoms with van der Waals surface area (Å²) in [6.45, 7) is 1.38. The summed E-state index contributed by atoms with van der Waals surface area (Å²) in [7, 11) is 0. The molecule has 0 saturated heterocycles. The normalized spacial score (nSPS) is 13.6. The number of hydrogen-bond donors (Lipinski definition) is 1. The van der Waals surface area contributed by atoms with Gasteiger partial charge in [0.05, 0.1) is 24.6 Å². The molecule has 0 unspecified atom stereocenters. The Kier molecular flexibility index (Phi) is 3.79. The van der Waals surface area contributed by atoms with Crippen LogP contribution in [0.25, 0.3) is 22.5 Å². The first kappa shape index (κ1) is 14.3. The molecule has 0 spiro atoms. The van der Waals surface area contributed by atoms with E-state index in [9.17, 15) is 0 Å². The first-order valence-corrected chi connectivity index (χ1v) is 8.30. The van der Waals surface area contributed by atoms with Crippen molar-refractivity contribution in [1.82, 2.24) is 10.2 Å². The lowest BCUT2D eigenvalue weighted by atomic mass is 10.1. The van der Waals surface area contributed by atoms with E-state index in [0.717, 1.165) is 44.9 Å². The number of nitrogens with one attached hydrogen (secondary N) is 1. The fourth-order valence-corrected chi connectivity index (χ4v) is 3.00. The van der Waals surface area contributed by atoms with Crippen LogP contribution in [-0.2, 0) is 0 Å². The molecular weight excluding hydrogens is 356 g/mol. The second kappa shape index (κ2) is 6.08. The molecule has 0 aliphatic carbocycles. The largest absolute Gasteiger partial charge is 0.490 e. The van der Waals surface area contributed by atoms with E-state index in [1.54, 1.807) is 0 Å². The minimum Gasteiger partial charge on any atom is -0.490 e. The molecular formula is C18H15BrN2O2. The zero-order valence-corrected chi connectivity index (χ0v) is 14.0. The van der Waals surface area contributed by atoms with E-state index in [2.05, 4.69) is 26.1 Å². The SMILES string of the molecule is Brc1cccc(-c2cc(-c3ccc4c(c3)OCCCO4)[nH]n2)c1. The Morgan fingerprint density at radius 1 is 0.913 bits per heavy atom. The Labute approximate surface area is 142 Å². The summed E-state index contributed by atoms with van der Waals surface area (Å²) in [5.74, 6) is 1.59. The third kappa shape index (κ3) is 2.97. The lowest BCUT2D eigenvalue weighted by Crippen LogP contribution is -1.97. The molecule has 0 atom stereocenters. The predicted molar refractivity (Wildman–Crippen MR) is 92.8 cm³/mol. The van der Waals surface area contributed by atoms with Gasteiger partial charge in [0.25, 0.3) is 0 Å². The molecule has 1 aliphatic rings. The summed E-state index contributed by atoms with van der Waals surface area (Å²) in [5.41, 5.74) is 3.96. The molecule has 0 fully saturated rings. The van der Waals surface area contributed by atoms with Crippen molar-refractivity contribution >= 4 is 15.9 Å². The summed E-state index contributed by atoms with van der Waals surface area (Å²) in [6.07, 6.45) is 0.904. The van der Waals surface area contributed by atoms with Crippen molar-refractivity contribution < 1.29 is 9.47 Å². The molecule has 2 heterocycles. The quantitative estimate of drug-likeness (QED) is 0.712. The average molecular weight is 371 g/mol. The van der Waals surface area contributed by atoms with Gasteiger partial charge in [0.2, 0.25) is 0 Å². The van der Waals surface area contributed by atoms with Crippen LogP contribution < -0.4 is 9.47 Å². The van der Waals surface area contributed by atoms with Crippen LogP contribution in [0.4, 0.5) is 0 Å². The molecule has 0 bridgehead atoms. The summed E-state index contributed by atoms with van der Waals surface area (Å²) in [4.78, 5) is 0. The third-order valence-electron chi connectivity index (χ3n) is 3.76. The van der Waals surface area contributed by atoms with Crippen LogP contribution in [0.2, 0.25) is 0 Å². The van der Waals surface area contributed by atoms with E-state index < -0.39 is 0 Å². The van der Waals surface area contributed by atoms with Crippen LogP contribution >= 0.6 is 15.9 Å². The molecule has 0 saturated carbocycles. The maximum absolute atomic E-state index is 5.75. The van der Waals surface area contributed by atoms with Crippen molar-refractivity contribution in [3.05, 3.63) is 53.0 Å². The van der Waals surface area contributed by atoms with E-state index in [4.69, 9.17) is 9.47 Å². The van der Waals surface area contributed by atoms with Gasteiger partial charge in [-0.3, -0.25) is 5.10 Å². The molecule has 4 rings (SSSR count). The number of ether oxygens (including phenoxy) is 2. The number of aromatic amines is 1. The summed E-state index contributed by atoms with van der Waals surface area (Å²) in [6, 6.07) is 16.1. The van der Waals surface area contributed by atoms with Crippen molar-refractivity contribution in [1.29, 1.82) is 0 Å². The van der Waals surface area contributed by atoms with Gasteiger partial charge < -0.3 is 9.47 Å². The highest BCUT2D eigenvalue weighted by atomic mass is 79.9. The van der Waals surface area contributed by atoms with E-state index in [1.807, 2.05) is 48.5 Å². The second-order valence-corrected chi connectivity index (χ2v) is 6.30. The van der Waals surface area contributed by atoms with Crippen LogP contribution in [0.1, 0.15) is 6.42 Å². The van der Waals surface area contributed by atoms with Crippen molar-refractivity contribution in [3.63, 3.8) is 0 Å². The van der Waals surface area contributed by atoms with Crippen molar-refractivity contribution in [3.8, 4) is 34.0 Å². The molecule has 3 aromatic rings. The maximum atomic E-state index is 5.75. The van der Waals surface area contributed by atoms with Gasteiger partial charge in [0.1, 0.15) is 0 Å². The van der Waals surface area contributed by atoms with Gasteiger partial charge in [-0.25, -0.2) is 0 Å². The van der Waals surface area contributed by atoms with Crippen LogP contribution in [0.5, 0.6) is 11.5 Å². The molecule has 2 aromatic carbocycles. The van der Waals surface area contributed by atoms with Crippen LogP contribution in [0.15, 0.2) is 53.0 Å². The molecule has 0 radical (unpaired) electrons. The molecule has 1 aromatic heterocycles. The van der Waals surface area contributed by atoms with E-state index >= 15 is 0 Å². The topological polar surface area (TPSA) is 47.1 Å². The van der Waals surface area contributed by atoms with Crippen LogP contribution in [-0.4, -0.2) is 23.4 Å². The second-order valence-electron chi connectivity index (χ2n) is 5.39. The standard InChI is InChI=1S/C18H15BrN2O2/c19-14-4-1-3-12(9-14)15-11-16(21-20-15)13-5-6-17-18(10-13)23-8-2-7-22-17/h1,3-6,9-11H,2,7-8H2,(H,20,21). The van der Waals surface area contributed by atoms with Gasteiger partial charge in [-0.05, 0) is 36.4 Å². The van der Waals surface area contributed by atoms with E-state index in [1.165, 1.54) is 0 Å². The van der Waals surface area contributed by atoms with Gasteiger partial charge >= 0.3 is 0 Å². The van der Waals surface area contributed by atoms with Crippen molar-refractivity contribution in [2.75, 3.05) is 13.2 Å². The maximum Gasteiger partial charge on any atom is 0.161 e. The Morgan fingerprint density at radius 3 is 2.65 bits per heavy atom. The number of rotatable bonds is 2. The number of fused-ring (bicyclic) bond motifs is 1. The Bertz CT molecular complexity index is 845. The molecule has 0 amide bonds. The minimum atomic E-state index is 0.683. The van der Waals surface area contributed by atoms with Crippen molar-refractivity contribution in [2.24, 2.45) is 0 Å². The molecule has 23 heavy (non-hydrogen) atoms. The molecule has 116 valence electrons. The van der Waals surface area contributed by atoms with Gasteiger partial charge in [-0.2, -0.15) is 5.10 Å². The van der Waals surface area contributed by atoms with Crippen LogP contribution in [0, 0.1) is 0 Å². The zero-order chi connectivity index (χ0) is 15.6. The number of benzene rings is 2. The Balaban J connectivity index is 1.68. The molecule has 5 heteroatoms. The van der Waals surface area contributed by atoms with Gasteiger partial charge in [0, 0.05) is 22.0 Å². The van der Waals surface area contributed by atoms with Crippen LogP contribution in [0.3, 0.4) is 0 Å². The highest BCUT2D eigenvalue weighted by molar-refractivity contribution is 9.10. The Morgan fingerprint density at radius 2 is 1.78 bits per heavy atom. The first-order chi connectivity index (χ1) is 11.3. The molecule has 1 aliphatic heterocycles. The highest BCUT2D eigenvalue weighted by Gasteiger charge is 2.13. The summed E-state index contributed by atoms with van der Waals surface area (Å²) >= 11 is 3.49. The number of halogens is 1. The molecule has 4 nitrogen and oxygen atoms in total. The highest BCUT2D eigenvalue weighted by Crippen LogP contribution is 2.34. The number of aromatic nitrogens is 2. The zero-order valence-electron chi connectivity index (χ0n) is 12.4.